The summed E-state index contributed by atoms with van der Waals surface area (Å²) in [5, 5.41) is 4.78. The number of hydrogen-bond donors (Lipinski definition) is 1. The van der Waals surface area contributed by atoms with E-state index >= 15 is 0 Å². The summed E-state index contributed by atoms with van der Waals surface area (Å²) in [5.41, 5.74) is -0.823. The number of benzene rings is 1. The van der Waals surface area contributed by atoms with Gasteiger partial charge in [0.2, 0.25) is 0 Å². The SMILES string of the molecule is CNC(CCc1cccs1)c1cc(F)ccc1C(F)(F)F. The van der Waals surface area contributed by atoms with E-state index in [2.05, 4.69) is 5.32 Å². The maximum absolute atomic E-state index is 13.4. The second-order valence-electron chi connectivity index (χ2n) is 4.69. The van der Waals surface area contributed by atoms with Gasteiger partial charge in [-0.25, -0.2) is 4.39 Å². The highest BCUT2D eigenvalue weighted by atomic mass is 32.1. The molecule has 1 aromatic heterocycles. The number of hydrogen-bond acceptors (Lipinski definition) is 2. The minimum Gasteiger partial charge on any atom is -0.313 e. The summed E-state index contributed by atoms with van der Waals surface area (Å²) >= 11 is 1.56. The van der Waals surface area contributed by atoms with Crippen LogP contribution in [0.15, 0.2) is 35.7 Å². The predicted octanol–water partition coefficient (Wildman–Crippen LogP) is 4.80. The third kappa shape index (κ3) is 4.04. The van der Waals surface area contributed by atoms with Gasteiger partial charge in [-0.1, -0.05) is 6.07 Å². The van der Waals surface area contributed by atoms with Gasteiger partial charge in [-0.2, -0.15) is 13.2 Å². The fraction of sp³-hybridized carbons (Fsp3) is 0.333. The van der Waals surface area contributed by atoms with Crippen molar-refractivity contribution in [3.05, 3.63) is 57.5 Å². The van der Waals surface area contributed by atoms with Crippen LogP contribution in [0.3, 0.4) is 0 Å². The average Bonchev–Trinajstić information content (AvgIpc) is 2.91. The van der Waals surface area contributed by atoms with Crippen molar-refractivity contribution in [2.24, 2.45) is 0 Å². The number of alkyl halides is 3. The molecule has 114 valence electrons. The standard InChI is InChI=1S/C15H15F4NS/c1-20-14(7-5-11-3-2-8-21-11)12-9-10(16)4-6-13(12)15(17,18)19/h2-4,6,8-9,14,20H,5,7H2,1H3. The molecule has 1 atom stereocenters. The van der Waals surface area contributed by atoms with Crippen molar-refractivity contribution < 1.29 is 17.6 Å². The molecule has 1 unspecified atom stereocenters. The molecular weight excluding hydrogens is 302 g/mol. The number of thiophene rings is 1. The summed E-state index contributed by atoms with van der Waals surface area (Å²) in [5.74, 6) is -0.658. The van der Waals surface area contributed by atoms with Gasteiger partial charge in [0, 0.05) is 10.9 Å². The molecular formula is C15H15F4NS. The van der Waals surface area contributed by atoms with Crippen LogP contribution in [0, 0.1) is 5.82 Å². The Morgan fingerprint density at radius 2 is 2.00 bits per heavy atom. The van der Waals surface area contributed by atoms with E-state index < -0.39 is 23.6 Å². The zero-order chi connectivity index (χ0) is 15.5. The quantitative estimate of drug-likeness (QED) is 0.781. The van der Waals surface area contributed by atoms with Gasteiger partial charge in [0.1, 0.15) is 5.82 Å². The fourth-order valence-electron chi connectivity index (χ4n) is 2.28. The lowest BCUT2D eigenvalue weighted by molar-refractivity contribution is -0.138. The van der Waals surface area contributed by atoms with Crippen LogP contribution in [-0.2, 0) is 12.6 Å². The Bertz CT molecular complexity index is 578. The van der Waals surface area contributed by atoms with Crippen molar-refractivity contribution in [1.29, 1.82) is 0 Å². The molecule has 0 bridgehead atoms. The van der Waals surface area contributed by atoms with Crippen molar-refractivity contribution in [3.8, 4) is 0 Å². The van der Waals surface area contributed by atoms with E-state index in [-0.39, 0.29) is 5.56 Å². The Morgan fingerprint density at radius 3 is 2.57 bits per heavy atom. The van der Waals surface area contributed by atoms with Gasteiger partial charge >= 0.3 is 6.18 Å². The molecule has 1 nitrogen and oxygen atoms in total. The van der Waals surface area contributed by atoms with Crippen LogP contribution in [0.25, 0.3) is 0 Å². The first-order valence-corrected chi connectivity index (χ1v) is 7.36. The summed E-state index contributed by atoms with van der Waals surface area (Å²) in [6.45, 7) is 0. The Morgan fingerprint density at radius 1 is 1.24 bits per heavy atom. The lowest BCUT2D eigenvalue weighted by Gasteiger charge is -2.21. The number of rotatable bonds is 5. The lowest BCUT2D eigenvalue weighted by atomic mass is 9.96. The summed E-state index contributed by atoms with van der Waals surface area (Å²) in [7, 11) is 1.59. The molecule has 2 rings (SSSR count). The number of halogens is 4. The van der Waals surface area contributed by atoms with Crippen LogP contribution < -0.4 is 5.32 Å². The molecule has 0 aliphatic carbocycles. The summed E-state index contributed by atoms with van der Waals surface area (Å²) in [6, 6.07) is 5.92. The summed E-state index contributed by atoms with van der Waals surface area (Å²) in [6.07, 6.45) is -3.36. The number of aryl methyl sites for hydroxylation is 1. The van der Waals surface area contributed by atoms with Gasteiger partial charge in [0.15, 0.2) is 0 Å². The molecule has 0 spiro atoms. The Hall–Kier alpha value is -1.40. The lowest BCUT2D eigenvalue weighted by Crippen LogP contribution is -2.21. The normalized spacial score (nSPS) is 13.4. The maximum atomic E-state index is 13.4. The van der Waals surface area contributed by atoms with Crippen molar-refractivity contribution in [1.82, 2.24) is 5.32 Å². The Balaban J connectivity index is 2.26. The number of nitrogens with one attached hydrogen (secondary N) is 1. The molecule has 0 aliphatic heterocycles. The van der Waals surface area contributed by atoms with Crippen LogP contribution in [0.2, 0.25) is 0 Å². The zero-order valence-electron chi connectivity index (χ0n) is 11.4. The molecule has 0 aliphatic rings. The molecule has 0 saturated carbocycles. The first kappa shape index (κ1) is 16.0. The van der Waals surface area contributed by atoms with Crippen molar-refractivity contribution in [2.75, 3.05) is 7.05 Å². The van der Waals surface area contributed by atoms with Crippen molar-refractivity contribution in [2.45, 2.75) is 25.1 Å². The minimum absolute atomic E-state index is 0.0402. The first-order valence-electron chi connectivity index (χ1n) is 6.48. The topological polar surface area (TPSA) is 12.0 Å². The third-order valence-corrected chi connectivity index (χ3v) is 4.24. The third-order valence-electron chi connectivity index (χ3n) is 3.30. The van der Waals surface area contributed by atoms with E-state index in [9.17, 15) is 17.6 Å². The molecule has 21 heavy (non-hydrogen) atoms. The molecule has 2 aromatic rings. The van der Waals surface area contributed by atoms with Gasteiger partial charge in [-0.05, 0) is 55.1 Å². The van der Waals surface area contributed by atoms with Gasteiger partial charge in [-0.3, -0.25) is 0 Å². The van der Waals surface area contributed by atoms with Crippen LogP contribution in [-0.4, -0.2) is 7.05 Å². The highest BCUT2D eigenvalue weighted by molar-refractivity contribution is 7.09. The molecule has 0 saturated heterocycles. The molecule has 0 radical (unpaired) electrons. The fourth-order valence-corrected chi connectivity index (χ4v) is 3.00. The van der Waals surface area contributed by atoms with E-state index in [1.807, 2.05) is 17.5 Å². The molecule has 1 aromatic carbocycles. The smallest absolute Gasteiger partial charge is 0.313 e. The van der Waals surface area contributed by atoms with Crippen LogP contribution in [0.4, 0.5) is 17.6 Å². The predicted molar refractivity (Wildman–Crippen MR) is 75.8 cm³/mol. The van der Waals surface area contributed by atoms with Gasteiger partial charge in [0.25, 0.3) is 0 Å². The molecule has 0 amide bonds. The second-order valence-corrected chi connectivity index (χ2v) is 5.72. The molecule has 1 N–H and O–H groups in total. The van der Waals surface area contributed by atoms with E-state index in [0.29, 0.717) is 12.8 Å². The van der Waals surface area contributed by atoms with E-state index in [1.165, 1.54) is 0 Å². The van der Waals surface area contributed by atoms with E-state index in [1.54, 1.807) is 18.4 Å². The van der Waals surface area contributed by atoms with Gasteiger partial charge < -0.3 is 5.32 Å². The second kappa shape index (κ2) is 6.58. The molecule has 6 heteroatoms. The van der Waals surface area contributed by atoms with Crippen LogP contribution >= 0.6 is 11.3 Å². The molecule has 0 fully saturated rings. The highest BCUT2D eigenvalue weighted by Gasteiger charge is 2.35. The maximum Gasteiger partial charge on any atom is 0.416 e. The summed E-state index contributed by atoms with van der Waals surface area (Å²) in [4.78, 5) is 1.10. The minimum atomic E-state index is -4.49. The Kier molecular flexibility index (Phi) is 5.00. The largest absolute Gasteiger partial charge is 0.416 e. The first-order chi connectivity index (χ1) is 9.91. The highest BCUT2D eigenvalue weighted by Crippen LogP contribution is 2.36. The zero-order valence-corrected chi connectivity index (χ0v) is 12.2. The van der Waals surface area contributed by atoms with Gasteiger partial charge in [-0.15, -0.1) is 11.3 Å². The van der Waals surface area contributed by atoms with Crippen molar-refractivity contribution in [3.63, 3.8) is 0 Å². The van der Waals surface area contributed by atoms with E-state index in [0.717, 1.165) is 23.1 Å². The van der Waals surface area contributed by atoms with Crippen LogP contribution in [0.1, 0.15) is 28.5 Å². The van der Waals surface area contributed by atoms with Crippen LogP contribution in [0.5, 0.6) is 0 Å². The Labute approximate surface area is 124 Å². The summed E-state index contributed by atoms with van der Waals surface area (Å²) < 4.78 is 52.5. The monoisotopic (exact) mass is 317 g/mol. The van der Waals surface area contributed by atoms with E-state index in [4.69, 9.17) is 0 Å². The van der Waals surface area contributed by atoms with Gasteiger partial charge in [0.05, 0.1) is 5.56 Å². The molecule has 1 heterocycles. The average molecular weight is 317 g/mol. The van der Waals surface area contributed by atoms with Crippen molar-refractivity contribution >= 4 is 11.3 Å².